The molecule has 1 saturated heterocycles. The molecule has 2 heteroatoms. The van der Waals surface area contributed by atoms with Crippen LogP contribution in [0.4, 0.5) is 0 Å². The Balaban J connectivity index is 1.94. The minimum absolute atomic E-state index is 0.0231. The summed E-state index contributed by atoms with van der Waals surface area (Å²) in [5.74, 6) is 1.35. The van der Waals surface area contributed by atoms with E-state index in [1.165, 1.54) is 32.1 Å². The van der Waals surface area contributed by atoms with Crippen molar-refractivity contribution in [2.75, 3.05) is 0 Å². The summed E-state index contributed by atoms with van der Waals surface area (Å²) in [7, 11) is 0. The first kappa shape index (κ1) is 7.84. The van der Waals surface area contributed by atoms with E-state index in [0.29, 0.717) is 18.3 Å². The molecular formula is C11H16O2. The Morgan fingerprint density at radius 3 is 2.92 bits per heavy atom. The second-order valence-electron chi connectivity index (χ2n) is 4.85. The van der Waals surface area contributed by atoms with Crippen molar-refractivity contribution in [1.29, 1.82) is 0 Å². The van der Waals surface area contributed by atoms with Gasteiger partial charge in [-0.3, -0.25) is 4.79 Å². The Kier molecular flexibility index (Phi) is 1.50. The lowest BCUT2D eigenvalue weighted by Crippen LogP contribution is -2.40. The summed E-state index contributed by atoms with van der Waals surface area (Å²) in [4.78, 5) is 11.3. The van der Waals surface area contributed by atoms with Crippen molar-refractivity contribution in [2.24, 2.45) is 11.8 Å². The number of esters is 1. The quantitative estimate of drug-likeness (QED) is 0.534. The summed E-state index contributed by atoms with van der Waals surface area (Å²) in [5, 5.41) is 0. The SMILES string of the molecule is O=C1C[C@@H]2CCC3CCCC[C@]32O1. The van der Waals surface area contributed by atoms with Gasteiger partial charge in [0.05, 0.1) is 6.42 Å². The van der Waals surface area contributed by atoms with Gasteiger partial charge in [-0.15, -0.1) is 0 Å². The molecule has 1 aliphatic heterocycles. The fraction of sp³-hybridized carbons (Fsp3) is 0.909. The van der Waals surface area contributed by atoms with E-state index in [1.54, 1.807) is 0 Å². The highest BCUT2D eigenvalue weighted by atomic mass is 16.6. The molecule has 1 heterocycles. The van der Waals surface area contributed by atoms with E-state index >= 15 is 0 Å². The maximum Gasteiger partial charge on any atom is 0.306 e. The van der Waals surface area contributed by atoms with Crippen LogP contribution in [-0.4, -0.2) is 11.6 Å². The molecule has 1 spiro atoms. The van der Waals surface area contributed by atoms with Gasteiger partial charge in [0.1, 0.15) is 5.60 Å². The second kappa shape index (κ2) is 2.49. The number of hydrogen-bond acceptors (Lipinski definition) is 2. The standard InChI is InChI=1S/C11H16O2/c12-10-7-9-5-4-8-3-1-2-6-11(8,9)13-10/h8-9H,1-7H2/t8?,9-,11-/m0/s1. The van der Waals surface area contributed by atoms with Crippen LogP contribution < -0.4 is 0 Å². The van der Waals surface area contributed by atoms with Gasteiger partial charge in [0, 0.05) is 5.92 Å². The molecule has 3 rings (SSSR count). The van der Waals surface area contributed by atoms with E-state index in [4.69, 9.17) is 4.74 Å². The summed E-state index contributed by atoms with van der Waals surface area (Å²) in [5.41, 5.74) is 0.0231. The van der Waals surface area contributed by atoms with Gasteiger partial charge < -0.3 is 4.74 Å². The van der Waals surface area contributed by atoms with Crippen LogP contribution >= 0.6 is 0 Å². The Labute approximate surface area is 78.6 Å². The summed E-state index contributed by atoms with van der Waals surface area (Å²) in [6, 6.07) is 0. The molecule has 2 nitrogen and oxygen atoms in total. The van der Waals surface area contributed by atoms with Gasteiger partial charge in [-0.1, -0.05) is 6.42 Å². The fourth-order valence-corrected chi connectivity index (χ4v) is 3.76. The van der Waals surface area contributed by atoms with Crippen LogP contribution in [0, 0.1) is 11.8 Å². The van der Waals surface area contributed by atoms with E-state index in [9.17, 15) is 4.79 Å². The van der Waals surface area contributed by atoms with Crippen LogP contribution in [0.15, 0.2) is 0 Å². The zero-order valence-corrected chi connectivity index (χ0v) is 7.92. The lowest BCUT2D eigenvalue weighted by molar-refractivity contribution is -0.155. The molecule has 0 aromatic heterocycles. The molecule has 1 unspecified atom stereocenters. The highest BCUT2D eigenvalue weighted by Crippen LogP contribution is 2.55. The largest absolute Gasteiger partial charge is 0.458 e. The first-order chi connectivity index (χ1) is 6.31. The number of carbonyl (C=O) groups is 1. The Morgan fingerprint density at radius 1 is 1.15 bits per heavy atom. The van der Waals surface area contributed by atoms with Crippen LogP contribution in [0.25, 0.3) is 0 Å². The van der Waals surface area contributed by atoms with Gasteiger partial charge in [0.25, 0.3) is 0 Å². The van der Waals surface area contributed by atoms with Crippen molar-refractivity contribution < 1.29 is 9.53 Å². The van der Waals surface area contributed by atoms with Gasteiger partial charge in [0.15, 0.2) is 0 Å². The Hall–Kier alpha value is -0.530. The van der Waals surface area contributed by atoms with Crippen LogP contribution in [0.2, 0.25) is 0 Å². The second-order valence-corrected chi connectivity index (χ2v) is 4.85. The number of rotatable bonds is 0. The first-order valence-electron chi connectivity index (χ1n) is 5.53. The molecule has 3 atom stereocenters. The van der Waals surface area contributed by atoms with E-state index in [-0.39, 0.29) is 11.6 Å². The predicted octanol–water partition coefficient (Wildman–Crippen LogP) is 2.27. The summed E-state index contributed by atoms with van der Waals surface area (Å²) >= 11 is 0. The van der Waals surface area contributed by atoms with Crippen LogP contribution in [-0.2, 0) is 9.53 Å². The minimum Gasteiger partial charge on any atom is -0.458 e. The maximum atomic E-state index is 11.3. The topological polar surface area (TPSA) is 26.3 Å². The summed E-state index contributed by atoms with van der Waals surface area (Å²) in [6.07, 6.45) is 8.29. The van der Waals surface area contributed by atoms with Crippen LogP contribution in [0.3, 0.4) is 0 Å². The number of ether oxygens (including phenoxy) is 1. The fourth-order valence-electron chi connectivity index (χ4n) is 3.76. The lowest BCUT2D eigenvalue weighted by Gasteiger charge is -2.37. The van der Waals surface area contributed by atoms with Crippen molar-refractivity contribution in [3.05, 3.63) is 0 Å². The molecule has 0 bridgehead atoms. The van der Waals surface area contributed by atoms with Crippen molar-refractivity contribution >= 4 is 5.97 Å². The van der Waals surface area contributed by atoms with E-state index in [0.717, 1.165) is 6.42 Å². The highest BCUT2D eigenvalue weighted by Gasteiger charge is 2.58. The smallest absolute Gasteiger partial charge is 0.306 e. The van der Waals surface area contributed by atoms with Crippen molar-refractivity contribution in [3.8, 4) is 0 Å². The highest BCUT2D eigenvalue weighted by molar-refractivity contribution is 5.73. The molecular weight excluding hydrogens is 164 g/mol. The first-order valence-corrected chi connectivity index (χ1v) is 5.53. The molecule has 0 radical (unpaired) electrons. The minimum atomic E-state index is 0.0231. The molecule has 0 aromatic carbocycles. The van der Waals surface area contributed by atoms with Crippen molar-refractivity contribution in [3.63, 3.8) is 0 Å². The molecule has 2 saturated carbocycles. The van der Waals surface area contributed by atoms with Crippen molar-refractivity contribution in [1.82, 2.24) is 0 Å². The van der Waals surface area contributed by atoms with Gasteiger partial charge in [-0.05, 0) is 38.0 Å². The van der Waals surface area contributed by atoms with E-state index < -0.39 is 0 Å². The molecule has 72 valence electrons. The third-order valence-electron chi connectivity index (χ3n) is 4.33. The van der Waals surface area contributed by atoms with Gasteiger partial charge >= 0.3 is 5.97 Å². The predicted molar refractivity (Wildman–Crippen MR) is 48.1 cm³/mol. The van der Waals surface area contributed by atoms with E-state index in [1.807, 2.05) is 0 Å². The molecule has 13 heavy (non-hydrogen) atoms. The molecule has 3 fully saturated rings. The zero-order chi connectivity index (χ0) is 8.89. The van der Waals surface area contributed by atoms with Crippen molar-refractivity contribution in [2.45, 2.75) is 50.5 Å². The van der Waals surface area contributed by atoms with Gasteiger partial charge in [-0.2, -0.15) is 0 Å². The summed E-state index contributed by atoms with van der Waals surface area (Å²) in [6.45, 7) is 0. The Bertz CT molecular complexity index is 246. The average molecular weight is 180 g/mol. The molecule has 3 aliphatic rings. The van der Waals surface area contributed by atoms with Crippen LogP contribution in [0.1, 0.15) is 44.9 Å². The average Bonchev–Trinajstić information content (AvgIpc) is 2.57. The van der Waals surface area contributed by atoms with Gasteiger partial charge in [0.2, 0.25) is 0 Å². The monoisotopic (exact) mass is 180 g/mol. The number of hydrogen-bond donors (Lipinski definition) is 0. The normalized spacial score (nSPS) is 48.5. The molecule has 0 amide bonds. The summed E-state index contributed by atoms with van der Waals surface area (Å²) < 4.78 is 5.64. The molecule has 0 N–H and O–H groups in total. The molecule has 0 aromatic rings. The molecule has 2 aliphatic carbocycles. The Morgan fingerprint density at radius 2 is 2.00 bits per heavy atom. The number of carbonyl (C=O) groups excluding carboxylic acids is 1. The third kappa shape index (κ3) is 0.918. The van der Waals surface area contributed by atoms with E-state index in [2.05, 4.69) is 0 Å². The van der Waals surface area contributed by atoms with Gasteiger partial charge in [-0.25, -0.2) is 0 Å². The zero-order valence-electron chi connectivity index (χ0n) is 7.92. The third-order valence-corrected chi connectivity index (χ3v) is 4.33. The lowest BCUT2D eigenvalue weighted by atomic mass is 9.74. The maximum absolute atomic E-state index is 11.3. The van der Waals surface area contributed by atoms with Crippen LogP contribution in [0.5, 0.6) is 0 Å².